The Balaban J connectivity index is 2.71. The van der Waals surface area contributed by atoms with Crippen LogP contribution >= 0.6 is 23.2 Å². The van der Waals surface area contributed by atoms with Gasteiger partial charge >= 0.3 is 0 Å². The van der Waals surface area contributed by atoms with E-state index in [0.717, 1.165) is 35.2 Å². The van der Waals surface area contributed by atoms with Gasteiger partial charge in [-0.05, 0) is 24.6 Å². The molecular formula is C16H20Cl2N2. The second-order valence-electron chi connectivity index (χ2n) is 6.01. The number of pyridine rings is 1. The minimum absolute atomic E-state index is 0.0222. The summed E-state index contributed by atoms with van der Waals surface area (Å²) in [7, 11) is 0. The Hall–Kier alpha value is -0.990. The van der Waals surface area contributed by atoms with Crippen LogP contribution in [0, 0.1) is 0 Å². The summed E-state index contributed by atoms with van der Waals surface area (Å²) >= 11 is 12.5. The monoisotopic (exact) mass is 310 g/mol. The normalized spacial score (nSPS) is 11.9. The number of benzene rings is 1. The first-order valence-electron chi connectivity index (χ1n) is 6.87. The maximum atomic E-state index is 6.35. The predicted molar refractivity (Wildman–Crippen MR) is 89.2 cm³/mol. The molecule has 0 amide bonds. The number of anilines is 1. The van der Waals surface area contributed by atoms with Gasteiger partial charge in [-0.2, -0.15) is 0 Å². The molecule has 0 aliphatic heterocycles. The lowest BCUT2D eigenvalue weighted by atomic mass is 9.90. The van der Waals surface area contributed by atoms with Crippen molar-refractivity contribution in [3.63, 3.8) is 0 Å². The standard InChI is InChI=1S/C16H20Cl2N2/c1-5-6-19-12-9-14(16(2,3)4)20-13-8-10(17)7-11(18)15(12)13/h7-9H,5-6H2,1-4H3,(H,19,20). The number of nitrogens with one attached hydrogen (secondary N) is 1. The van der Waals surface area contributed by atoms with Crippen molar-refractivity contribution in [1.29, 1.82) is 0 Å². The number of nitrogens with zero attached hydrogens (tertiary/aromatic N) is 1. The van der Waals surface area contributed by atoms with Gasteiger partial charge in [0.2, 0.25) is 0 Å². The molecule has 2 nitrogen and oxygen atoms in total. The summed E-state index contributed by atoms with van der Waals surface area (Å²) in [5, 5.41) is 5.64. The van der Waals surface area contributed by atoms with Gasteiger partial charge in [0.1, 0.15) is 0 Å². The van der Waals surface area contributed by atoms with Gasteiger partial charge in [0.05, 0.1) is 10.5 Å². The third-order valence-corrected chi connectivity index (χ3v) is 3.68. The molecule has 0 spiro atoms. The Kier molecular flexibility index (Phi) is 4.46. The molecule has 0 aliphatic carbocycles. The highest BCUT2D eigenvalue weighted by molar-refractivity contribution is 6.39. The molecule has 0 unspecified atom stereocenters. The number of fused-ring (bicyclic) bond motifs is 1. The van der Waals surface area contributed by atoms with Crippen LogP contribution in [0.5, 0.6) is 0 Å². The predicted octanol–water partition coefficient (Wildman–Crippen LogP) is 5.66. The zero-order valence-corrected chi connectivity index (χ0v) is 13.9. The summed E-state index contributed by atoms with van der Waals surface area (Å²) in [6, 6.07) is 5.73. The van der Waals surface area contributed by atoms with Gasteiger partial charge in [-0.25, -0.2) is 0 Å². The van der Waals surface area contributed by atoms with Crippen LogP contribution in [0.3, 0.4) is 0 Å². The molecule has 20 heavy (non-hydrogen) atoms. The fourth-order valence-corrected chi connectivity index (χ4v) is 2.65. The van der Waals surface area contributed by atoms with E-state index in [4.69, 9.17) is 28.2 Å². The largest absolute Gasteiger partial charge is 0.384 e. The van der Waals surface area contributed by atoms with Crippen LogP contribution in [0.15, 0.2) is 18.2 Å². The highest BCUT2D eigenvalue weighted by Crippen LogP contribution is 2.35. The van der Waals surface area contributed by atoms with Gasteiger partial charge in [-0.15, -0.1) is 0 Å². The van der Waals surface area contributed by atoms with Crippen LogP contribution in [-0.2, 0) is 5.41 Å². The van der Waals surface area contributed by atoms with E-state index < -0.39 is 0 Å². The first-order chi connectivity index (χ1) is 9.32. The summed E-state index contributed by atoms with van der Waals surface area (Å²) in [6.45, 7) is 9.49. The summed E-state index contributed by atoms with van der Waals surface area (Å²) in [5.41, 5.74) is 2.88. The maximum absolute atomic E-state index is 6.35. The molecule has 1 aromatic carbocycles. The van der Waals surface area contributed by atoms with Crippen LogP contribution in [0.25, 0.3) is 10.9 Å². The van der Waals surface area contributed by atoms with Crippen LogP contribution < -0.4 is 5.32 Å². The van der Waals surface area contributed by atoms with Gasteiger partial charge in [0, 0.05) is 33.7 Å². The van der Waals surface area contributed by atoms with Crippen molar-refractivity contribution < 1.29 is 0 Å². The smallest absolute Gasteiger partial charge is 0.0756 e. The van der Waals surface area contributed by atoms with Crippen LogP contribution in [0.1, 0.15) is 39.8 Å². The molecule has 0 atom stereocenters. The topological polar surface area (TPSA) is 24.9 Å². The Morgan fingerprint density at radius 2 is 1.85 bits per heavy atom. The van der Waals surface area contributed by atoms with E-state index in [2.05, 4.69) is 39.1 Å². The summed E-state index contributed by atoms with van der Waals surface area (Å²) in [6.07, 6.45) is 1.06. The SMILES string of the molecule is CCCNc1cc(C(C)(C)C)nc2cc(Cl)cc(Cl)c12. The average molecular weight is 311 g/mol. The molecular weight excluding hydrogens is 291 g/mol. The lowest BCUT2D eigenvalue weighted by molar-refractivity contribution is 0.572. The molecule has 2 aromatic rings. The fourth-order valence-electron chi connectivity index (χ4n) is 2.07. The Morgan fingerprint density at radius 1 is 1.15 bits per heavy atom. The molecule has 1 N–H and O–H groups in total. The Bertz CT molecular complexity index is 630. The van der Waals surface area contributed by atoms with Crippen molar-refractivity contribution in [2.75, 3.05) is 11.9 Å². The fraction of sp³-hybridized carbons (Fsp3) is 0.438. The number of rotatable bonds is 3. The summed E-state index contributed by atoms with van der Waals surface area (Å²) in [4.78, 5) is 4.73. The van der Waals surface area contributed by atoms with E-state index in [1.807, 2.05) is 6.07 Å². The summed E-state index contributed by atoms with van der Waals surface area (Å²) < 4.78 is 0. The van der Waals surface area contributed by atoms with Gasteiger partial charge in [0.15, 0.2) is 0 Å². The van der Waals surface area contributed by atoms with Crippen molar-refractivity contribution >= 4 is 39.8 Å². The van der Waals surface area contributed by atoms with Gasteiger partial charge in [-0.1, -0.05) is 50.9 Å². The molecule has 4 heteroatoms. The van der Waals surface area contributed by atoms with Crippen LogP contribution in [0.2, 0.25) is 10.0 Å². The van der Waals surface area contributed by atoms with Crippen LogP contribution in [0.4, 0.5) is 5.69 Å². The quantitative estimate of drug-likeness (QED) is 0.791. The third kappa shape index (κ3) is 3.18. The van der Waals surface area contributed by atoms with E-state index in [-0.39, 0.29) is 5.41 Å². The first-order valence-corrected chi connectivity index (χ1v) is 7.62. The first kappa shape index (κ1) is 15.4. The van der Waals surface area contributed by atoms with Crippen molar-refractivity contribution in [3.8, 4) is 0 Å². The van der Waals surface area contributed by atoms with Gasteiger partial charge in [-0.3, -0.25) is 4.98 Å². The Morgan fingerprint density at radius 3 is 2.45 bits per heavy atom. The molecule has 0 saturated carbocycles. The Labute approximate surface area is 130 Å². The average Bonchev–Trinajstić information content (AvgIpc) is 2.33. The van der Waals surface area contributed by atoms with Crippen LogP contribution in [-0.4, -0.2) is 11.5 Å². The molecule has 0 aliphatic rings. The molecule has 0 radical (unpaired) electrons. The minimum Gasteiger partial charge on any atom is -0.384 e. The van der Waals surface area contributed by atoms with Gasteiger partial charge in [0.25, 0.3) is 0 Å². The van der Waals surface area contributed by atoms with Crippen molar-refractivity contribution in [2.24, 2.45) is 0 Å². The highest BCUT2D eigenvalue weighted by Gasteiger charge is 2.19. The van der Waals surface area contributed by atoms with Crippen molar-refractivity contribution in [2.45, 2.75) is 39.5 Å². The van der Waals surface area contributed by atoms with Gasteiger partial charge < -0.3 is 5.32 Å². The molecule has 1 heterocycles. The molecule has 1 aromatic heterocycles. The lowest BCUT2D eigenvalue weighted by Crippen LogP contribution is -2.14. The molecule has 0 saturated heterocycles. The number of hydrogen-bond acceptors (Lipinski definition) is 2. The number of hydrogen-bond donors (Lipinski definition) is 1. The van der Waals surface area contributed by atoms with E-state index in [1.54, 1.807) is 6.07 Å². The molecule has 2 rings (SSSR count). The summed E-state index contributed by atoms with van der Waals surface area (Å²) in [5.74, 6) is 0. The van der Waals surface area contributed by atoms with E-state index >= 15 is 0 Å². The highest BCUT2D eigenvalue weighted by atomic mass is 35.5. The maximum Gasteiger partial charge on any atom is 0.0756 e. The second-order valence-corrected chi connectivity index (χ2v) is 6.86. The zero-order valence-electron chi connectivity index (χ0n) is 12.3. The zero-order chi connectivity index (χ0) is 14.9. The third-order valence-electron chi connectivity index (χ3n) is 3.16. The minimum atomic E-state index is -0.0222. The molecule has 0 fully saturated rings. The second kappa shape index (κ2) is 5.79. The van der Waals surface area contributed by atoms with E-state index in [9.17, 15) is 0 Å². The van der Waals surface area contributed by atoms with E-state index in [0.29, 0.717) is 10.0 Å². The lowest BCUT2D eigenvalue weighted by Gasteiger charge is -2.21. The molecule has 108 valence electrons. The number of aromatic nitrogens is 1. The van der Waals surface area contributed by atoms with Crippen molar-refractivity contribution in [1.82, 2.24) is 4.98 Å². The number of halogens is 2. The van der Waals surface area contributed by atoms with Crippen molar-refractivity contribution in [3.05, 3.63) is 33.9 Å². The van der Waals surface area contributed by atoms with E-state index in [1.165, 1.54) is 0 Å². The molecule has 0 bridgehead atoms.